The fourth-order valence-corrected chi connectivity index (χ4v) is 3.99. The molecule has 2 aliphatic heterocycles. The molecule has 2 bridgehead atoms. The van der Waals surface area contributed by atoms with Gasteiger partial charge in [-0.2, -0.15) is 0 Å². The molecule has 1 aromatic rings. The topological polar surface area (TPSA) is 33.1 Å². The van der Waals surface area contributed by atoms with Crippen molar-refractivity contribution in [2.24, 2.45) is 0 Å². The number of aryl methyl sites for hydroxylation is 2. The number of imidazole rings is 1. The molecule has 2 unspecified atom stereocenters. The minimum absolute atomic E-state index is 0.596. The lowest BCUT2D eigenvalue weighted by Gasteiger charge is -2.47. The Hall–Kier alpha value is -1.03. The largest absolute Gasteiger partial charge is 0.353 e. The van der Waals surface area contributed by atoms with Crippen LogP contribution < -0.4 is 5.32 Å². The predicted molar refractivity (Wildman–Crippen MR) is 83.1 cm³/mol. The Bertz CT molecular complexity index is 439. The highest BCUT2D eigenvalue weighted by Crippen LogP contribution is 2.33. The quantitative estimate of drug-likeness (QED) is 0.917. The number of anilines is 1. The molecule has 4 nitrogen and oxygen atoms in total. The lowest BCUT2D eigenvalue weighted by atomic mass is 9.82. The third-order valence-electron chi connectivity index (χ3n) is 5.03. The molecule has 2 atom stereocenters. The van der Waals surface area contributed by atoms with Crippen LogP contribution in [0, 0.1) is 6.92 Å². The van der Waals surface area contributed by atoms with E-state index in [1.165, 1.54) is 32.1 Å². The fraction of sp³-hybridized carbons (Fsp3) is 0.812. The SMILES string of the molecule is CCCn1cc(C)nc1NC1CC2CCCC(C1)N2C. The van der Waals surface area contributed by atoms with Gasteiger partial charge in [-0.1, -0.05) is 13.3 Å². The molecule has 0 aliphatic carbocycles. The number of nitrogens with one attached hydrogen (secondary N) is 1. The van der Waals surface area contributed by atoms with E-state index in [4.69, 9.17) is 0 Å². The molecule has 0 amide bonds. The zero-order valence-corrected chi connectivity index (χ0v) is 13.1. The van der Waals surface area contributed by atoms with Crippen molar-refractivity contribution in [2.75, 3.05) is 12.4 Å². The molecule has 0 saturated carbocycles. The van der Waals surface area contributed by atoms with E-state index in [0.29, 0.717) is 6.04 Å². The Morgan fingerprint density at radius 2 is 2.00 bits per heavy atom. The van der Waals surface area contributed by atoms with Crippen LogP contribution in [0.2, 0.25) is 0 Å². The summed E-state index contributed by atoms with van der Waals surface area (Å²) in [6.07, 6.45) is 10.0. The van der Waals surface area contributed by atoms with Crippen LogP contribution in [0.3, 0.4) is 0 Å². The summed E-state index contributed by atoms with van der Waals surface area (Å²) in [5.41, 5.74) is 1.12. The van der Waals surface area contributed by atoms with Crippen molar-refractivity contribution in [1.82, 2.24) is 14.5 Å². The summed E-state index contributed by atoms with van der Waals surface area (Å²) in [6, 6.07) is 2.14. The molecule has 1 aromatic heterocycles. The molecule has 0 radical (unpaired) electrons. The van der Waals surface area contributed by atoms with Gasteiger partial charge < -0.3 is 14.8 Å². The third-order valence-corrected chi connectivity index (χ3v) is 5.03. The van der Waals surface area contributed by atoms with E-state index in [-0.39, 0.29) is 0 Å². The molecule has 4 heteroatoms. The van der Waals surface area contributed by atoms with Crippen molar-refractivity contribution in [2.45, 2.75) is 77.0 Å². The zero-order chi connectivity index (χ0) is 14.1. The predicted octanol–water partition coefficient (Wildman–Crippen LogP) is 3.03. The minimum Gasteiger partial charge on any atom is -0.353 e. The minimum atomic E-state index is 0.596. The Balaban J connectivity index is 1.69. The highest BCUT2D eigenvalue weighted by atomic mass is 15.2. The van der Waals surface area contributed by atoms with Gasteiger partial charge in [0.2, 0.25) is 5.95 Å². The summed E-state index contributed by atoms with van der Waals surface area (Å²) in [6.45, 7) is 5.36. The van der Waals surface area contributed by atoms with Crippen molar-refractivity contribution in [3.05, 3.63) is 11.9 Å². The number of fused-ring (bicyclic) bond motifs is 2. The van der Waals surface area contributed by atoms with E-state index in [0.717, 1.165) is 36.7 Å². The van der Waals surface area contributed by atoms with Crippen molar-refractivity contribution in [3.63, 3.8) is 0 Å². The highest BCUT2D eigenvalue weighted by Gasteiger charge is 2.36. The van der Waals surface area contributed by atoms with Gasteiger partial charge in [0, 0.05) is 30.9 Å². The Labute approximate surface area is 122 Å². The number of hydrogen-bond donors (Lipinski definition) is 1. The van der Waals surface area contributed by atoms with Crippen LogP contribution in [0.15, 0.2) is 6.20 Å². The molecule has 2 saturated heterocycles. The molecule has 1 N–H and O–H groups in total. The first-order chi connectivity index (χ1) is 9.67. The van der Waals surface area contributed by atoms with Crippen LogP contribution in [-0.2, 0) is 6.54 Å². The Kier molecular flexibility index (Phi) is 4.01. The summed E-state index contributed by atoms with van der Waals surface area (Å²) in [4.78, 5) is 7.29. The molecule has 3 rings (SSSR count). The first-order valence-corrected chi connectivity index (χ1v) is 8.19. The van der Waals surface area contributed by atoms with E-state index in [2.05, 4.69) is 46.9 Å². The second-order valence-electron chi connectivity index (χ2n) is 6.62. The van der Waals surface area contributed by atoms with Gasteiger partial charge in [0.1, 0.15) is 0 Å². The molecule has 3 heterocycles. The molecule has 0 spiro atoms. The van der Waals surface area contributed by atoms with Gasteiger partial charge in [-0.25, -0.2) is 4.98 Å². The molecular formula is C16H28N4. The zero-order valence-electron chi connectivity index (χ0n) is 13.1. The van der Waals surface area contributed by atoms with Crippen LogP contribution in [0.4, 0.5) is 5.95 Å². The van der Waals surface area contributed by atoms with Crippen LogP contribution in [0.1, 0.15) is 51.1 Å². The number of piperidine rings is 2. The van der Waals surface area contributed by atoms with Gasteiger partial charge in [-0.15, -0.1) is 0 Å². The summed E-state index contributed by atoms with van der Waals surface area (Å²) in [5.74, 6) is 1.08. The molecule has 2 aliphatic rings. The van der Waals surface area contributed by atoms with Crippen molar-refractivity contribution in [3.8, 4) is 0 Å². The molecule has 20 heavy (non-hydrogen) atoms. The van der Waals surface area contributed by atoms with Gasteiger partial charge in [-0.05, 0) is 46.1 Å². The highest BCUT2D eigenvalue weighted by molar-refractivity contribution is 5.31. The first-order valence-electron chi connectivity index (χ1n) is 8.19. The van der Waals surface area contributed by atoms with Gasteiger partial charge >= 0.3 is 0 Å². The van der Waals surface area contributed by atoms with Crippen molar-refractivity contribution in [1.29, 1.82) is 0 Å². The van der Waals surface area contributed by atoms with E-state index in [9.17, 15) is 0 Å². The molecule has 2 fully saturated rings. The molecular weight excluding hydrogens is 248 g/mol. The second kappa shape index (κ2) is 5.76. The van der Waals surface area contributed by atoms with Crippen LogP contribution >= 0.6 is 0 Å². The second-order valence-corrected chi connectivity index (χ2v) is 6.62. The van der Waals surface area contributed by atoms with Gasteiger partial charge in [0.15, 0.2) is 0 Å². The summed E-state index contributed by atoms with van der Waals surface area (Å²) in [7, 11) is 2.31. The molecule has 0 aromatic carbocycles. The standard InChI is InChI=1S/C16H28N4/c1-4-8-20-11-12(2)17-16(20)18-13-9-14-6-5-7-15(10-13)19(14)3/h11,13-15H,4-10H2,1-3H3,(H,17,18). The number of nitrogens with zero attached hydrogens (tertiary/aromatic N) is 3. The van der Waals surface area contributed by atoms with Crippen molar-refractivity contribution < 1.29 is 0 Å². The van der Waals surface area contributed by atoms with E-state index in [1.807, 2.05) is 0 Å². The number of rotatable bonds is 4. The van der Waals surface area contributed by atoms with Gasteiger partial charge in [-0.3, -0.25) is 0 Å². The normalized spacial score (nSPS) is 30.4. The Morgan fingerprint density at radius 1 is 1.30 bits per heavy atom. The summed E-state index contributed by atoms with van der Waals surface area (Å²) >= 11 is 0. The van der Waals surface area contributed by atoms with Gasteiger partial charge in [0.25, 0.3) is 0 Å². The monoisotopic (exact) mass is 276 g/mol. The van der Waals surface area contributed by atoms with E-state index < -0.39 is 0 Å². The van der Waals surface area contributed by atoms with E-state index in [1.54, 1.807) is 0 Å². The maximum Gasteiger partial charge on any atom is 0.203 e. The van der Waals surface area contributed by atoms with Crippen LogP contribution in [0.25, 0.3) is 0 Å². The lowest BCUT2D eigenvalue weighted by Crippen LogP contribution is -2.53. The van der Waals surface area contributed by atoms with Crippen molar-refractivity contribution >= 4 is 5.95 Å². The maximum absolute atomic E-state index is 4.67. The van der Waals surface area contributed by atoms with Crippen LogP contribution in [-0.4, -0.2) is 39.6 Å². The summed E-state index contributed by atoms with van der Waals surface area (Å²) in [5, 5.41) is 3.73. The first kappa shape index (κ1) is 13.9. The van der Waals surface area contributed by atoms with E-state index >= 15 is 0 Å². The fourth-order valence-electron chi connectivity index (χ4n) is 3.99. The average Bonchev–Trinajstić information content (AvgIpc) is 2.71. The average molecular weight is 276 g/mol. The van der Waals surface area contributed by atoms with Gasteiger partial charge in [0.05, 0.1) is 5.69 Å². The lowest BCUT2D eigenvalue weighted by molar-refractivity contribution is 0.0606. The third kappa shape index (κ3) is 2.71. The van der Waals surface area contributed by atoms with Crippen LogP contribution in [0.5, 0.6) is 0 Å². The smallest absolute Gasteiger partial charge is 0.203 e. The summed E-state index contributed by atoms with van der Waals surface area (Å²) < 4.78 is 2.28. The maximum atomic E-state index is 4.67. The number of hydrogen-bond acceptors (Lipinski definition) is 3. The number of aromatic nitrogens is 2. The molecule has 112 valence electrons. The Morgan fingerprint density at radius 3 is 2.65 bits per heavy atom.